The highest BCUT2D eigenvalue weighted by atomic mass is 19.4. The number of ether oxygens (including phenoxy) is 1. The van der Waals surface area contributed by atoms with Crippen LogP contribution in [-0.2, 0) is 12.7 Å². The van der Waals surface area contributed by atoms with Crippen LogP contribution in [0.2, 0.25) is 0 Å². The second-order valence-corrected chi connectivity index (χ2v) is 7.97. The molecule has 1 unspecified atom stereocenters. The van der Waals surface area contributed by atoms with E-state index in [1.807, 2.05) is 50.2 Å². The lowest BCUT2D eigenvalue weighted by Crippen LogP contribution is -2.39. The molecule has 0 aromatic heterocycles. The van der Waals surface area contributed by atoms with Gasteiger partial charge < -0.3 is 14.7 Å². The molecule has 0 bridgehead atoms. The van der Waals surface area contributed by atoms with Crippen LogP contribution < -0.4 is 4.74 Å². The molecule has 0 aliphatic carbocycles. The van der Waals surface area contributed by atoms with E-state index in [-0.39, 0.29) is 24.8 Å². The number of benzene rings is 3. The third kappa shape index (κ3) is 6.83. The smallest absolute Gasteiger partial charge is 0.416 e. The maximum atomic E-state index is 13.2. The Labute approximate surface area is 191 Å². The first kappa shape index (κ1) is 24.3. The molecule has 1 amide bonds. The summed E-state index contributed by atoms with van der Waals surface area (Å²) in [7, 11) is 0. The number of hydrogen-bond acceptors (Lipinski definition) is 3. The average molecular weight is 457 g/mol. The Morgan fingerprint density at radius 2 is 1.61 bits per heavy atom. The summed E-state index contributed by atoms with van der Waals surface area (Å²) in [6.45, 7) is 4.02. The number of nitrogens with zero attached hydrogens (tertiary/aromatic N) is 1. The molecule has 0 aliphatic heterocycles. The van der Waals surface area contributed by atoms with E-state index >= 15 is 0 Å². The van der Waals surface area contributed by atoms with Gasteiger partial charge in [0.1, 0.15) is 18.5 Å². The highest BCUT2D eigenvalue weighted by molar-refractivity contribution is 5.94. The Bertz CT molecular complexity index is 1060. The van der Waals surface area contributed by atoms with Gasteiger partial charge in [-0.05, 0) is 61.4 Å². The Morgan fingerprint density at radius 3 is 2.21 bits per heavy atom. The van der Waals surface area contributed by atoms with E-state index in [1.165, 1.54) is 12.1 Å². The van der Waals surface area contributed by atoms with Crippen LogP contribution in [0.1, 0.15) is 32.6 Å². The molecule has 0 radical (unpaired) electrons. The summed E-state index contributed by atoms with van der Waals surface area (Å²) in [6, 6.07) is 19.1. The Kier molecular flexibility index (Phi) is 7.76. The van der Waals surface area contributed by atoms with Crippen molar-refractivity contribution in [3.8, 4) is 5.75 Å². The van der Waals surface area contributed by atoms with Crippen molar-refractivity contribution in [2.24, 2.45) is 0 Å². The maximum Gasteiger partial charge on any atom is 0.416 e. The minimum atomic E-state index is -4.43. The summed E-state index contributed by atoms with van der Waals surface area (Å²) >= 11 is 0. The van der Waals surface area contributed by atoms with Gasteiger partial charge in [-0.2, -0.15) is 13.2 Å². The molecule has 0 aliphatic rings. The Hall–Kier alpha value is -3.32. The van der Waals surface area contributed by atoms with Crippen molar-refractivity contribution < 1.29 is 27.8 Å². The molecule has 4 nitrogen and oxygen atoms in total. The molecule has 3 rings (SSSR count). The molecule has 7 heteroatoms. The number of aryl methyl sites for hydroxylation is 2. The van der Waals surface area contributed by atoms with Gasteiger partial charge in [0.2, 0.25) is 0 Å². The normalized spacial score (nSPS) is 12.3. The molecule has 3 aromatic rings. The molecule has 0 saturated carbocycles. The van der Waals surface area contributed by atoms with Crippen molar-refractivity contribution in [2.45, 2.75) is 32.7 Å². The third-order valence-corrected chi connectivity index (χ3v) is 5.26. The topological polar surface area (TPSA) is 49.8 Å². The first-order valence-corrected chi connectivity index (χ1v) is 10.5. The molecule has 3 aromatic carbocycles. The number of halogens is 3. The zero-order chi connectivity index (χ0) is 24.0. The number of aliphatic hydroxyl groups is 1. The molecule has 1 atom stereocenters. The fourth-order valence-corrected chi connectivity index (χ4v) is 3.33. The summed E-state index contributed by atoms with van der Waals surface area (Å²) in [4.78, 5) is 14.7. The van der Waals surface area contributed by atoms with Gasteiger partial charge in [0.25, 0.3) is 5.91 Å². The molecular weight excluding hydrogens is 431 g/mol. The maximum absolute atomic E-state index is 13.2. The summed E-state index contributed by atoms with van der Waals surface area (Å²) in [5.41, 5.74) is 2.74. The molecule has 1 N–H and O–H groups in total. The van der Waals surface area contributed by atoms with Crippen LogP contribution in [0.25, 0.3) is 0 Å². The van der Waals surface area contributed by atoms with Crippen LogP contribution in [0.3, 0.4) is 0 Å². The van der Waals surface area contributed by atoms with Crippen molar-refractivity contribution in [3.63, 3.8) is 0 Å². The molecular formula is C26H26F3NO3. The fourth-order valence-electron chi connectivity index (χ4n) is 3.33. The quantitative estimate of drug-likeness (QED) is 0.493. The molecule has 0 fully saturated rings. The van der Waals surface area contributed by atoms with Crippen LogP contribution in [0.15, 0.2) is 72.8 Å². The lowest BCUT2D eigenvalue weighted by molar-refractivity contribution is -0.137. The summed E-state index contributed by atoms with van der Waals surface area (Å²) < 4.78 is 43.6. The van der Waals surface area contributed by atoms with Gasteiger partial charge in [-0.1, -0.05) is 42.0 Å². The SMILES string of the molecule is Cc1ccc(C(=O)N(Cc2ccccc2C)CC(O)COc2ccc(C(F)(F)F)cc2)cc1. The Morgan fingerprint density at radius 1 is 0.970 bits per heavy atom. The number of aliphatic hydroxyl groups excluding tert-OH is 1. The molecule has 174 valence electrons. The predicted octanol–water partition coefficient (Wildman–Crippen LogP) is 5.40. The van der Waals surface area contributed by atoms with E-state index < -0.39 is 17.8 Å². The van der Waals surface area contributed by atoms with E-state index in [9.17, 15) is 23.1 Å². The number of carbonyl (C=O) groups excluding carboxylic acids is 1. The first-order chi connectivity index (χ1) is 15.6. The average Bonchev–Trinajstić information content (AvgIpc) is 2.78. The number of rotatable bonds is 8. The number of amides is 1. The predicted molar refractivity (Wildman–Crippen MR) is 120 cm³/mol. The van der Waals surface area contributed by atoms with E-state index in [0.717, 1.165) is 28.8 Å². The zero-order valence-electron chi connectivity index (χ0n) is 18.5. The van der Waals surface area contributed by atoms with Crippen LogP contribution in [0, 0.1) is 13.8 Å². The third-order valence-electron chi connectivity index (χ3n) is 5.26. The van der Waals surface area contributed by atoms with Gasteiger partial charge in [-0.25, -0.2) is 0 Å². The highest BCUT2D eigenvalue weighted by Crippen LogP contribution is 2.30. The van der Waals surface area contributed by atoms with Crippen molar-refractivity contribution >= 4 is 5.91 Å². The lowest BCUT2D eigenvalue weighted by atomic mass is 10.1. The fraction of sp³-hybridized carbons (Fsp3) is 0.269. The van der Waals surface area contributed by atoms with E-state index in [0.29, 0.717) is 12.1 Å². The zero-order valence-corrected chi connectivity index (χ0v) is 18.5. The van der Waals surface area contributed by atoms with E-state index in [4.69, 9.17) is 4.74 Å². The van der Waals surface area contributed by atoms with Gasteiger partial charge in [0, 0.05) is 12.1 Å². The summed E-state index contributed by atoms with van der Waals surface area (Å²) in [5.74, 6) is -0.0239. The van der Waals surface area contributed by atoms with Crippen LogP contribution in [0.5, 0.6) is 5.75 Å². The molecule has 0 spiro atoms. The Balaban J connectivity index is 1.70. The van der Waals surface area contributed by atoms with E-state index in [1.54, 1.807) is 17.0 Å². The number of alkyl halides is 3. The minimum absolute atomic E-state index is 0.00167. The summed E-state index contributed by atoms with van der Waals surface area (Å²) in [6.07, 6.45) is -5.46. The molecule has 0 saturated heterocycles. The minimum Gasteiger partial charge on any atom is -0.491 e. The van der Waals surface area contributed by atoms with Gasteiger partial charge in [0.05, 0.1) is 12.1 Å². The van der Waals surface area contributed by atoms with Crippen molar-refractivity contribution in [1.82, 2.24) is 4.90 Å². The van der Waals surface area contributed by atoms with E-state index in [2.05, 4.69) is 0 Å². The standard InChI is InChI=1S/C26H26F3NO3/c1-18-7-9-20(10-8-18)25(32)30(15-21-6-4-3-5-19(21)2)16-23(31)17-33-24-13-11-22(12-14-24)26(27,28)29/h3-14,23,31H,15-17H2,1-2H3. The number of carbonyl (C=O) groups is 1. The monoisotopic (exact) mass is 457 g/mol. The van der Waals surface area contributed by atoms with Gasteiger partial charge in [-0.3, -0.25) is 4.79 Å². The van der Waals surface area contributed by atoms with Crippen LogP contribution in [0.4, 0.5) is 13.2 Å². The molecule has 0 heterocycles. The highest BCUT2D eigenvalue weighted by Gasteiger charge is 2.30. The van der Waals surface area contributed by atoms with Crippen LogP contribution >= 0.6 is 0 Å². The van der Waals surface area contributed by atoms with Gasteiger partial charge in [-0.15, -0.1) is 0 Å². The van der Waals surface area contributed by atoms with Crippen LogP contribution in [-0.4, -0.2) is 35.2 Å². The number of hydrogen-bond donors (Lipinski definition) is 1. The van der Waals surface area contributed by atoms with Crippen molar-refractivity contribution in [1.29, 1.82) is 0 Å². The van der Waals surface area contributed by atoms with Gasteiger partial charge >= 0.3 is 6.18 Å². The molecule has 33 heavy (non-hydrogen) atoms. The van der Waals surface area contributed by atoms with Crippen molar-refractivity contribution in [2.75, 3.05) is 13.2 Å². The van der Waals surface area contributed by atoms with Crippen molar-refractivity contribution in [3.05, 3.63) is 101 Å². The second kappa shape index (κ2) is 10.5. The first-order valence-electron chi connectivity index (χ1n) is 10.5. The second-order valence-electron chi connectivity index (χ2n) is 7.97. The largest absolute Gasteiger partial charge is 0.491 e. The van der Waals surface area contributed by atoms with Gasteiger partial charge in [0.15, 0.2) is 0 Å². The lowest BCUT2D eigenvalue weighted by Gasteiger charge is -2.26. The summed E-state index contributed by atoms with van der Waals surface area (Å²) in [5, 5.41) is 10.6.